The maximum Gasteiger partial charge on any atom is 0.128 e. The Morgan fingerprint density at radius 2 is 2.41 bits per heavy atom. The largest absolute Gasteiger partial charge is 0.380 e. The highest BCUT2D eigenvalue weighted by Gasteiger charge is 2.20. The van der Waals surface area contributed by atoms with Gasteiger partial charge in [-0.25, -0.2) is 4.98 Å². The van der Waals surface area contributed by atoms with Gasteiger partial charge in [-0.1, -0.05) is 0 Å². The fraction of sp³-hybridized carbons (Fsp3) is 0.615. The number of hydrogen-bond acceptors (Lipinski definition) is 4. The Labute approximate surface area is 103 Å². The zero-order valence-corrected chi connectivity index (χ0v) is 10.6. The van der Waals surface area contributed by atoms with Gasteiger partial charge in [0.1, 0.15) is 5.82 Å². The van der Waals surface area contributed by atoms with E-state index in [1.54, 1.807) is 7.11 Å². The van der Waals surface area contributed by atoms with E-state index >= 15 is 0 Å². The summed E-state index contributed by atoms with van der Waals surface area (Å²) in [5, 5.41) is 0. The predicted molar refractivity (Wildman–Crippen MR) is 69.1 cm³/mol. The summed E-state index contributed by atoms with van der Waals surface area (Å²) >= 11 is 0. The van der Waals surface area contributed by atoms with E-state index in [9.17, 15) is 0 Å². The van der Waals surface area contributed by atoms with Crippen molar-refractivity contribution in [2.24, 2.45) is 5.73 Å². The van der Waals surface area contributed by atoms with E-state index in [2.05, 4.69) is 16.0 Å². The molecule has 0 radical (unpaired) electrons. The van der Waals surface area contributed by atoms with E-state index in [1.807, 2.05) is 19.2 Å². The van der Waals surface area contributed by atoms with E-state index in [0.29, 0.717) is 6.10 Å². The molecular weight excluding hydrogens is 214 g/mol. The van der Waals surface area contributed by atoms with Gasteiger partial charge in [-0.05, 0) is 37.5 Å². The molecule has 2 atom stereocenters. The third-order valence-electron chi connectivity index (χ3n) is 3.33. The molecule has 1 aliphatic heterocycles. The molecule has 2 N–H and O–H groups in total. The molecule has 0 aromatic carbocycles. The molecule has 0 aliphatic carbocycles. The Balaban J connectivity index is 2.13. The van der Waals surface area contributed by atoms with Gasteiger partial charge < -0.3 is 15.4 Å². The Morgan fingerprint density at radius 1 is 1.59 bits per heavy atom. The highest BCUT2D eigenvalue weighted by molar-refractivity contribution is 5.42. The first-order chi connectivity index (χ1) is 8.20. The van der Waals surface area contributed by atoms with Crippen LogP contribution in [0.5, 0.6) is 0 Å². The normalized spacial score (nSPS) is 22.5. The lowest BCUT2D eigenvalue weighted by molar-refractivity contribution is 0.0891. The van der Waals surface area contributed by atoms with Crippen LogP contribution in [0, 0.1) is 0 Å². The highest BCUT2D eigenvalue weighted by atomic mass is 16.5. The first-order valence-corrected chi connectivity index (χ1v) is 6.20. The number of ether oxygens (including phenoxy) is 1. The van der Waals surface area contributed by atoms with Crippen molar-refractivity contribution in [3.63, 3.8) is 0 Å². The second-order valence-corrected chi connectivity index (χ2v) is 4.68. The summed E-state index contributed by atoms with van der Waals surface area (Å²) in [4.78, 5) is 6.71. The van der Waals surface area contributed by atoms with Crippen molar-refractivity contribution in [1.29, 1.82) is 0 Å². The lowest BCUT2D eigenvalue weighted by Crippen LogP contribution is -2.39. The summed E-state index contributed by atoms with van der Waals surface area (Å²) in [6.07, 6.45) is 4.46. The number of methoxy groups -OCH3 is 1. The van der Waals surface area contributed by atoms with Crippen molar-refractivity contribution in [1.82, 2.24) is 4.98 Å². The maximum atomic E-state index is 5.89. The first-order valence-electron chi connectivity index (χ1n) is 6.20. The van der Waals surface area contributed by atoms with Crippen LogP contribution in [0.4, 0.5) is 5.82 Å². The monoisotopic (exact) mass is 235 g/mol. The molecule has 94 valence electrons. The molecule has 1 aliphatic rings. The number of aromatic nitrogens is 1. The van der Waals surface area contributed by atoms with Crippen LogP contribution in [0.15, 0.2) is 18.3 Å². The van der Waals surface area contributed by atoms with Gasteiger partial charge in [0.25, 0.3) is 0 Å². The van der Waals surface area contributed by atoms with Gasteiger partial charge in [-0.3, -0.25) is 0 Å². The van der Waals surface area contributed by atoms with Crippen LogP contribution in [-0.2, 0) is 4.74 Å². The standard InChI is InChI=1S/C13H21N3O/c1-10(14)11-5-6-15-13(8-11)16-7-3-4-12(9-16)17-2/h5-6,8,10,12H,3-4,7,9,14H2,1-2H3. The van der Waals surface area contributed by atoms with Crippen LogP contribution < -0.4 is 10.6 Å². The van der Waals surface area contributed by atoms with Crippen molar-refractivity contribution in [2.45, 2.75) is 31.9 Å². The number of nitrogens with zero attached hydrogens (tertiary/aromatic N) is 2. The van der Waals surface area contributed by atoms with Gasteiger partial charge in [0, 0.05) is 32.4 Å². The summed E-state index contributed by atoms with van der Waals surface area (Å²) in [7, 11) is 1.78. The number of anilines is 1. The lowest BCUT2D eigenvalue weighted by Gasteiger charge is -2.33. The molecular formula is C13H21N3O. The number of hydrogen-bond donors (Lipinski definition) is 1. The lowest BCUT2D eigenvalue weighted by atomic mass is 10.1. The Kier molecular flexibility index (Phi) is 3.97. The van der Waals surface area contributed by atoms with Gasteiger partial charge >= 0.3 is 0 Å². The van der Waals surface area contributed by atoms with Gasteiger partial charge in [0.2, 0.25) is 0 Å². The van der Waals surface area contributed by atoms with Gasteiger partial charge in [-0.2, -0.15) is 0 Å². The van der Waals surface area contributed by atoms with Crippen LogP contribution in [0.25, 0.3) is 0 Å². The fourth-order valence-corrected chi connectivity index (χ4v) is 2.23. The molecule has 2 rings (SSSR count). The van der Waals surface area contributed by atoms with Gasteiger partial charge in [-0.15, -0.1) is 0 Å². The second-order valence-electron chi connectivity index (χ2n) is 4.68. The average molecular weight is 235 g/mol. The summed E-state index contributed by atoms with van der Waals surface area (Å²) in [5.74, 6) is 1.02. The van der Waals surface area contributed by atoms with Crippen molar-refractivity contribution in [3.8, 4) is 0 Å². The van der Waals surface area contributed by atoms with Crippen molar-refractivity contribution >= 4 is 5.82 Å². The van der Waals surface area contributed by atoms with E-state index in [0.717, 1.165) is 37.3 Å². The molecule has 0 bridgehead atoms. The van der Waals surface area contributed by atoms with Crippen LogP contribution >= 0.6 is 0 Å². The summed E-state index contributed by atoms with van der Waals surface area (Å²) < 4.78 is 5.43. The van der Waals surface area contributed by atoms with E-state index in [1.165, 1.54) is 0 Å². The van der Waals surface area contributed by atoms with Crippen molar-refractivity contribution < 1.29 is 4.74 Å². The minimum absolute atomic E-state index is 0.0553. The molecule has 0 spiro atoms. The smallest absolute Gasteiger partial charge is 0.128 e. The molecule has 2 heterocycles. The molecule has 1 saturated heterocycles. The Morgan fingerprint density at radius 3 is 3.12 bits per heavy atom. The highest BCUT2D eigenvalue weighted by Crippen LogP contribution is 2.21. The number of rotatable bonds is 3. The van der Waals surface area contributed by atoms with Gasteiger partial charge in [0.05, 0.1) is 6.10 Å². The maximum absolute atomic E-state index is 5.89. The average Bonchev–Trinajstić information content (AvgIpc) is 2.39. The Hall–Kier alpha value is -1.13. The minimum Gasteiger partial charge on any atom is -0.380 e. The van der Waals surface area contributed by atoms with Crippen LogP contribution in [0.2, 0.25) is 0 Å². The van der Waals surface area contributed by atoms with E-state index < -0.39 is 0 Å². The molecule has 4 nitrogen and oxygen atoms in total. The molecule has 17 heavy (non-hydrogen) atoms. The predicted octanol–water partition coefficient (Wildman–Crippen LogP) is 1.72. The molecule has 2 unspecified atom stereocenters. The Bertz CT molecular complexity index is 367. The fourth-order valence-electron chi connectivity index (χ4n) is 2.23. The summed E-state index contributed by atoms with van der Waals surface area (Å²) in [5.41, 5.74) is 7.03. The van der Waals surface area contributed by atoms with Crippen LogP contribution in [-0.4, -0.2) is 31.3 Å². The molecule has 0 amide bonds. The minimum atomic E-state index is 0.0553. The number of piperidine rings is 1. The van der Waals surface area contributed by atoms with Gasteiger partial charge in [0.15, 0.2) is 0 Å². The topological polar surface area (TPSA) is 51.4 Å². The third kappa shape index (κ3) is 2.96. The van der Waals surface area contributed by atoms with Crippen LogP contribution in [0.1, 0.15) is 31.4 Å². The molecule has 0 saturated carbocycles. The number of pyridine rings is 1. The molecule has 1 aromatic rings. The zero-order chi connectivity index (χ0) is 12.3. The summed E-state index contributed by atoms with van der Waals surface area (Å²) in [6, 6.07) is 4.12. The molecule has 1 aromatic heterocycles. The molecule has 1 fully saturated rings. The SMILES string of the molecule is COC1CCCN(c2cc(C(C)N)ccn2)C1. The first kappa shape index (κ1) is 12.3. The second kappa shape index (κ2) is 5.47. The zero-order valence-electron chi connectivity index (χ0n) is 10.6. The van der Waals surface area contributed by atoms with E-state index in [4.69, 9.17) is 10.5 Å². The van der Waals surface area contributed by atoms with Crippen molar-refractivity contribution in [3.05, 3.63) is 23.9 Å². The van der Waals surface area contributed by atoms with E-state index in [-0.39, 0.29) is 6.04 Å². The third-order valence-corrected chi connectivity index (χ3v) is 3.33. The summed E-state index contributed by atoms with van der Waals surface area (Å²) in [6.45, 7) is 3.97. The molecule has 4 heteroatoms. The number of nitrogens with two attached hydrogens (primary N) is 1. The quantitative estimate of drug-likeness (QED) is 0.866. The van der Waals surface area contributed by atoms with Crippen LogP contribution in [0.3, 0.4) is 0 Å². The van der Waals surface area contributed by atoms with Crippen molar-refractivity contribution in [2.75, 3.05) is 25.1 Å².